The number of carbonyl (C=O) groups excluding carboxylic acids is 1. The minimum Gasteiger partial charge on any atom is -0.337 e. The Labute approximate surface area is 158 Å². The molecular formula is C24H20N2O. The van der Waals surface area contributed by atoms with Crippen LogP contribution >= 0.6 is 0 Å². The molecule has 0 aliphatic carbocycles. The summed E-state index contributed by atoms with van der Waals surface area (Å²) < 4.78 is 0. The highest BCUT2D eigenvalue weighted by atomic mass is 16.2. The molecule has 132 valence electrons. The van der Waals surface area contributed by atoms with Gasteiger partial charge in [0.15, 0.2) is 0 Å². The fourth-order valence-electron chi connectivity index (χ4n) is 3.60. The molecular weight excluding hydrogens is 332 g/mol. The Morgan fingerprint density at radius 3 is 2.30 bits per heavy atom. The number of amides is 1. The van der Waals surface area contributed by atoms with Crippen molar-refractivity contribution in [1.82, 2.24) is 4.90 Å². The molecule has 3 nitrogen and oxygen atoms in total. The number of carbonyl (C=O) groups is 1. The van der Waals surface area contributed by atoms with Crippen molar-refractivity contribution in [2.75, 3.05) is 7.05 Å². The smallest absolute Gasteiger partial charge is 0.254 e. The van der Waals surface area contributed by atoms with E-state index in [-0.39, 0.29) is 5.91 Å². The second kappa shape index (κ2) is 7.04. The van der Waals surface area contributed by atoms with Gasteiger partial charge in [-0.15, -0.1) is 0 Å². The molecule has 0 unspecified atom stereocenters. The van der Waals surface area contributed by atoms with Gasteiger partial charge in [0.05, 0.1) is 0 Å². The molecule has 0 saturated heterocycles. The molecule has 0 radical (unpaired) electrons. The fourth-order valence-corrected chi connectivity index (χ4v) is 3.60. The molecule has 0 spiro atoms. The van der Waals surface area contributed by atoms with E-state index in [1.165, 1.54) is 17.0 Å². The molecule has 0 saturated carbocycles. The largest absolute Gasteiger partial charge is 0.337 e. The Morgan fingerprint density at radius 1 is 0.852 bits per heavy atom. The lowest BCUT2D eigenvalue weighted by Gasteiger charge is -2.20. The van der Waals surface area contributed by atoms with Crippen LogP contribution in [0.3, 0.4) is 0 Å². The molecule has 4 aromatic rings. The quantitative estimate of drug-likeness (QED) is 0.500. The van der Waals surface area contributed by atoms with Crippen LogP contribution in [0.5, 0.6) is 0 Å². The molecule has 1 N–H and O–H groups in total. The van der Waals surface area contributed by atoms with E-state index >= 15 is 0 Å². The number of benzene rings is 4. The maximum atomic E-state index is 13.2. The predicted molar refractivity (Wildman–Crippen MR) is 112 cm³/mol. The fraction of sp³-hybridized carbons (Fsp3) is 0.0833. The second-order valence-electron chi connectivity index (χ2n) is 6.69. The van der Waals surface area contributed by atoms with Gasteiger partial charge >= 0.3 is 0 Å². The molecule has 0 atom stereocenters. The Morgan fingerprint density at radius 2 is 1.52 bits per heavy atom. The number of hydrogen-bond donors (Lipinski definition) is 1. The first kappa shape index (κ1) is 17.0. The van der Waals surface area contributed by atoms with Crippen molar-refractivity contribution in [3.63, 3.8) is 0 Å². The van der Waals surface area contributed by atoms with Crippen molar-refractivity contribution < 1.29 is 4.79 Å². The third-order valence-electron chi connectivity index (χ3n) is 4.98. The van der Waals surface area contributed by atoms with Crippen LogP contribution < -0.4 is 0 Å². The monoisotopic (exact) mass is 352 g/mol. The minimum absolute atomic E-state index is 0.0179. The van der Waals surface area contributed by atoms with Crippen LogP contribution in [-0.2, 0) is 6.54 Å². The minimum atomic E-state index is -0.0179. The highest BCUT2D eigenvalue weighted by molar-refractivity contribution is 6.11. The van der Waals surface area contributed by atoms with Crippen molar-refractivity contribution in [1.29, 1.82) is 5.41 Å². The van der Waals surface area contributed by atoms with E-state index in [0.717, 1.165) is 21.9 Å². The van der Waals surface area contributed by atoms with Gasteiger partial charge in [0.2, 0.25) is 0 Å². The van der Waals surface area contributed by atoms with Gasteiger partial charge in [-0.25, -0.2) is 0 Å². The lowest BCUT2D eigenvalue weighted by Crippen LogP contribution is -2.26. The molecule has 0 aromatic heterocycles. The van der Waals surface area contributed by atoms with Crippen LogP contribution in [0.25, 0.3) is 21.5 Å². The maximum absolute atomic E-state index is 13.2. The molecule has 4 aromatic carbocycles. The second-order valence-corrected chi connectivity index (χ2v) is 6.69. The lowest BCUT2D eigenvalue weighted by atomic mass is 9.99. The topological polar surface area (TPSA) is 44.2 Å². The van der Waals surface area contributed by atoms with E-state index in [1.54, 1.807) is 4.90 Å². The molecule has 0 bridgehead atoms. The average Bonchev–Trinajstić information content (AvgIpc) is 2.72. The van der Waals surface area contributed by atoms with Gasteiger partial charge in [0, 0.05) is 25.4 Å². The SMILES string of the molecule is CN(Cc1cccc2ccccc12)C(=O)c1ccc(C=N)c2ccccc12. The summed E-state index contributed by atoms with van der Waals surface area (Å²) in [6.07, 6.45) is 1.33. The van der Waals surface area contributed by atoms with Crippen LogP contribution in [0.1, 0.15) is 21.5 Å². The number of nitrogens with one attached hydrogen (secondary N) is 1. The van der Waals surface area contributed by atoms with Gasteiger partial charge in [-0.1, -0.05) is 72.8 Å². The Hall–Kier alpha value is -3.46. The van der Waals surface area contributed by atoms with E-state index in [4.69, 9.17) is 5.41 Å². The van der Waals surface area contributed by atoms with Gasteiger partial charge in [-0.3, -0.25) is 4.79 Å². The van der Waals surface area contributed by atoms with Crippen molar-refractivity contribution in [3.05, 3.63) is 95.6 Å². The number of fused-ring (bicyclic) bond motifs is 2. The standard InChI is InChI=1S/C24H20N2O/c1-26(16-19-9-6-8-17-7-2-3-10-20(17)19)24(27)23-14-13-18(15-25)21-11-4-5-12-22(21)23/h2-15,25H,16H2,1H3. The normalized spacial score (nSPS) is 10.9. The summed E-state index contributed by atoms with van der Waals surface area (Å²) in [7, 11) is 1.84. The first-order valence-corrected chi connectivity index (χ1v) is 8.93. The van der Waals surface area contributed by atoms with Crippen LogP contribution in [0.4, 0.5) is 0 Å². The first-order chi connectivity index (χ1) is 13.2. The van der Waals surface area contributed by atoms with Gasteiger partial charge < -0.3 is 10.3 Å². The van der Waals surface area contributed by atoms with E-state index in [1.807, 2.05) is 61.6 Å². The van der Waals surface area contributed by atoms with Gasteiger partial charge in [0.25, 0.3) is 5.91 Å². The molecule has 0 aliphatic heterocycles. The van der Waals surface area contributed by atoms with Gasteiger partial charge in [0.1, 0.15) is 0 Å². The van der Waals surface area contributed by atoms with Gasteiger partial charge in [-0.2, -0.15) is 0 Å². The zero-order valence-corrected chi connectivity index (χ0v) is 15.1. The molecule has 4 rings (SSSR count). The van der Waals surface area contributed by atoms with E-state index in [0.29, 0.717) is 12.1 Å². The number of nitrogens with zero attached hydrogens (tertiary/aromatic N) is 1. The zero-order chi connectivity index (χ0) is 18.8. The van der Waals surface area contributed by atoms with E-state index in [9.17, 15) is 4.79 Å². The summed E-state index contributed by atoms with van der Waals surface area (Å²) in [5.74, 6) is -0.0179. The molecule has 0 fully saturated rings. The number of rotatable bonds is 4. The summed E-state index contributed by atoms with van der Waals surface area (Å²) in [6, 6.07) is 25.9. The van der Waals surface area contributed by atoms with Crippen LogP contribution in [0.15, 0.2) is 78.9 Å². The highest BCUT2D eigenvalue weighted by Gasteiger charge is 2.16. The Kier molecular flexibility index (Phi) is 4.43. The first-order valence-electron chi connectivity index (χ1n) is 8.93. The van der Waals surface area contributed by atoms with Crippen molar-refractivity contribution in [2.45, 2.75) is 6.54 Å². The van der Waals surface area contributed by atoms with Crippen LogP contribution in [0, 0.1) is 5.41 Å². The summed E-state index contributed by atoms with van der Waals surface area (Å²) in [5.41, 5.74) is 2.61. The average molecular weight is 352 g/mol. The van der Waals surface area contributed by atoms with Crippen LogP contribution in [0.2, 0.25) is 0 Å². The third-order valence-corrected chi connectivity index (χ3v) is 4.98. The Bertz CT molecular complexity index is 1160. The summed E-state index contributed by atoms with van der Waals surface area (Å²) >= 11 is 0. The highest BCUT2D eigenvalue weighted by Crippen LogP contribution is 2.25. The van der Waals surface area contributed by atoms with Crippen molar-refractivity contribution in [2.24, 2.45) is 0 Å². The molecule has 1 amide bonds. The molecule has 0 heterocycles. The molecule has 3 heteroatoms. The lowest BCUT2D eigenvalue weighted by molar-refractivity contribution is 0.0787. The van der Waals surface area contributed by atoms with Gasteiger partial charge in [-0.05, 0) is 38.7 Å². The number of hydrogen-bond acceptors (Lipinski definition) is 2. The van der Waals surface area contributed by atoms with E-state index in [2.05, 4.69) is 24.3 Å². The predicted octanol–water partition coefficient (Wildman–Crippen LogP) is 5.26. The van der Waals surface area contributed by atoms with E-state index < -0.39 is 0 Å². The molecule has 27 heavy (non-hydrogen) atoms. The van der Waals surface area contributed by atoms with Crippen molar-refractivity contribution in [3.8, 4) is 0 Å². The van der Waals surface area contributed by atoms with Crippen LogP contribution in [-0.4, -0.2) is 24.1 Å². The third kappa shape index (κ3) is 3.08. The summed E-state index contributed by atoms with van der Waals surface area (Å²) in [4.78, 5) is 14.9. The summed E-state index contributed by atoms with van der Waals surface area (Å²) in [6.45, 7) is 0.542. The Balaban J connectivity index is 1.71. The molecule has 0 aliphatic rings. The zero-order valence-electron chi connectivity index (χ0n) is 15.1. The summed E-state index contributed by atoms with van der Waals surface area (Å²) in [5, 5.41) is 11.8. The van der Waals surface area contributed by atoms with Crippen molar-refractivity contribution >= 4 is 33.7 Å². The maximum Gasteiger partial charge on any atom is 0.254 e.